The highest BCUT2D eigenvalue weighted by molar-refractivity contribution is 6.14. The lowest BCUT2D eigenvalue weighted by atomic mass is 9.96. The maximum absolute atomic E-state index is 5.09. The highest BCUT2D eigenvalue weighted by atomic mass is 15.1. The van der Waals surface area contributed by atoms with Crippen LogP contribution in [0, 0.1) is 0 Å². The molecule has 7 aromatic rings. The molecule has 0 unspecified atom stereocenters. The van der Waals surface area contributed by atoms with Gasteiger partial charge in [-0.2, -0.15) is 0 Å². The normalized spacial score (nSPS) is 13.5. The number of benzene rings is 4. The van der Waals surface area contributed by atoms with E-state index in [-0.39, 0.29) is 0 Å². The Bertz CT molecular complexity index is 2060. The smallest absolute Gasteiger partial charge is 0.147 e. The number of rotatable bonds is 0. The Hall–Kier alpha value is -4.50. The Kier molecular flexibility index (Phi) is 3.14. The molecule has 0 saturated heterocycles. The summed E-state index contributed by atoms with van der Waals surface area (Å²) in [5.74, 6) is 0. The Morgan fingerprint density at radius 1 is 0.543 bits per heavy atom. The van der Waals surface area contributed by atoms with Gasteiger partial charge in [-0.05, 0) is 105 Å². The van der Waals surface area contributed by atoms with Gasteiger partial charge in [-0.3, -0.25) is 4.40 Å². The van der Waals surface area contributed by atoms with Crippen molar-refractivity contribution in [1.82, 2.24) is 14.4 Å². The van der Waals surface area contributed by atoms with Gasteiger partial charge in [0.25, 0.3) is 0 Å². The van der Waals surface area contributed by atoms with E-state index >= 15 is 0 Å². The van der Waals surface area contributed by atoms with Crippen LogP contribution >= 0.6 is 0 Å². The van der Waals surface area contributed by atoms with Crippen LogP contribution in [0.4, 0.5) is 0 Å². The van der Waals surface area contributed by atoms with E-state index in [2.05, 4.69) is 83.3 Å². The fourth-order valence-corrected chi connectivity index (χ4v) is 6.49. The van der Waals surface area contributed by atoms with Gasteiger partial charge in [-0.1, -0.05) is 42.5 Å². The molecule has 0 atom stereocenters. The molecule has 162 valence electrons. The second-order valence-electron chi connectivity index (χ2n) is 9.87. The monoisotopic (exact) mass is 445 g/mol. The van der Waals surface area contributed by atoms with Crippen molar-refractivity contribution in [2.75, 3.05) is 0 Å². The Morgan fingerprint density at radius 2 is 1.31 bits per heavy atom. The van der Waals surface area contributed by atoms with Crippen molar-refractivity contribution in [3.8, 4) is 22.3 Å². The molecule has 0 radical (unpaired) electrons. The van der Waals surface area contributed by atoms with Crippen molar-refractivity contribution in [1.29, 1.82) is 0 Å². The first-order valence-corrected chi connectivity index (χ1v) is 12.2. The minimum absolute atomic E-state index is 0.967. The predicted molar refractivity (Wildman–Crippen MR) is 142 cm³/mol. The molecule has 35 heavy (non-hydrogen) atoms. The van der Waals surface area contributed by atoms with E-state index in [9.17, 15) is 0 Å². The molecule has 4 aromatic carbocycles. The van der Waals surface area contributed by atoms with Gasteiger partial charge in [0.2, 0.25) is 0 Å². The molecule has 3 nitrogen and oxygen atoms in total. The number of hydrogen-bond acceptors (Lipinski definition) is 2. The zero-order chi connectivity index (χ0) is 22.7. The van der Waals surface area contributed by atoms with Gasteiger partial charge in [0.05, 0.1) is 11.0 Å². The summed E-state index contributed by atoms with van der Waals surface area (Å²) < 4.78 is 2.23. The highest BCUT2D eigenvalue weighted by Crippen LogP contribution is 2.46. The summed E-state index contributed by atoms with van der Waals surface area (Å²) in [5.41, 5.74) is 15.3. The summed E-state index contributed by atoms with van der Waals surface area (Å²) in [6.45, 7) is 0. The molecule has 3 heteroatoms. The molecule has 3 aromatic heterocycles. The van der Waals surface area contributed by atoms with Crippen LogP contribution in [-0.2, 0) is 12.8 Å². The fourth-order valence-electron chi connectivity index (χ4n) is 6.49. The lowest BCUT2D eigenvalue weighted by molar-refractivity contribution is 1.21. The summed E-state index contributed by atoms with van der Waals surface area (Å²) in [6, 6.07) is 31.1. The van der Waals surface area contributed by atoms with Crippen molar-refractivity contribution < 1.29 is 0 Å². The van der Waals surface area contributed by atoms with Crippen molar-refractivity contribution in [2.24, 2.45) is 0 Å². The predicted octanol–water partition coefficient (Wildman–Crippen LogP) is 7.33. The molecule has 3 heterocycles. The Labute approximate surface area is 201 Å². The fraction of sp³-hybridized carbons (Fsp3) is 0.0625. The standard InChI is InChI=1S/C32H19N3/c1-2-7-22-18(6-1)12-19-13-20-14-21-15-27-23-8-5-11-33-31(23)35-30-10-4-3-9-29(30)34-32(35)28(27)17-26(21)25(20)16-24(19)22/h1-11,13,15-17H,12,14H2. The van der Waals surface area contributed by atoms with Crippen LogP contribution in [0.3, 0.4) is 0 Å². The summed E-state index contributed by atoms with van der Waals surface area (Å²) in [4.78, 5) is 9.89. The molecular weight excluding hydrogens is 426 g/mol. The molecular formula is C32H19N3. The summed E-state index contributed by atoms with van der Waals surface area (Å²) in [6.07, 6.45) is 3.90. The quantitative estimate of drug-likeness (QED) is 0.229. The number of nitrogens with zero attached hydrogens (tertiary/aromatic N) is 3. The zero-order valence-corrected chi connectivity index (χ0v) is 18.9. The average Bonchev–Trinajstić information content (AvgIpc) is 3.57. The van der Waals surface area contributed by atoms with Crippen LogP contribution in [0.2, 0.25) is 0 Å². The maximum Gasteiger partial charge on any atom is 0.147 e. The molecule has 0 amide bonds. The number of imidazole rings is 1. The third kappa shape index (κ3) is 2.21. The van der Waals surface area contributed by atoms with Crippen LogP contribution in [0.15, 0.2) is 91.1 Å². The van der Waals surface area contributed by atoms with E-state index in [4.69, 9.17) is 9.97 Å². The largest absolute Gasteiger partial charge is 0.276 e. The molecule has 0 N–H and O–H groups in total. The van der Waals surface area contributed by atoms with Crippen molar-refractivity contribution in [3.63, 3.8) is 0 Å². The average molecular weight is 446 g/mol. The van der Waals surface area contributed by atoms with E-state index in [1.807, 2.05) is 12.3 Å². The first-order valence-electron chi connectivity index (χ1n) is 12.2. The zero-order valence-electron chi connectivity index (χ0n) is 18.9. The third-order valence-corrected chi connectivity index (χ3v) is 8.02. The van der Waals surface area contributed by atoms with Gasteiger partial charge < -0.3 is 0 Å². The Morgan fingerprint density at radius 3 is 2.29 bits per heavy atom. The van der Waals surface area contributed by atoms with Crippen molar-refractivity contribution >= 4 is 38.5 Å². The van der Waals surface area contributed by atoms with Gasteiger partial charge in [-0.25, -0.2) is 9.97 Å². The summed E-state index contributed by atoms with van der Waals surface area (Å²) in [7, 11) is 0. The number of fused-ring (bicyclic) bond motifs is 14. The van der Waals surface area contributed by atoms with E-state index in [0.29, 0.717) is 0 Å². The number of hydrogen-bond donors (Lipinski definition) is 0. The second kappa shape index (κ2) is 6.13. The second-order valence-corrected chi connectivity index (χ2v) is 9.87. The highest BCUT2D eigenvalue weighted by Gasteiger charge is 2.26. The maximum atomic E-state index is 5.09. The molecule has 2 aliphatic carbocycles. The van der Waals surface area contributed by atoms with E-state index in [0.717, 1.165) is 35.2 Å². The van der Waals surface area contributed by atoms with E-state index in [1.165, 1.54) is 60.7 Å². The molecule has 9 rings (SSSR count). The van der Waals surface area contributed by atoms with Crippen molar-refractivity contribution in [3.05, 3.63) is 113 Å². The molecule has 0 spiro atoms. The van der Waals surface area contributed by atoms with Gasteiger partial charge in [0, 0.05) is 17.0 Å². The van der Waals surface area contributed by atoms with Crippen LogP contribution in [-0.4, -0.2) is 14.4 Å². The van der Waals surface area contributed by atoms with Crippen LogP contribution < -0.4 is 0 Å². The SMILES string of the molecule is c1ccc2c(c1)Cc1cc3c(cc1-2)-c1cc2c(cc1C3)c1cccnc1n1c3ccccc3nc21. The first kappa shape index (κ1) is 17.9. The van der Waals surface area contributed by atoms with Crippen LogP contribution in [0.25, 0.3) is 60.7 Å². The van der Waals surface area contributed by atoms with Crippen molar-refractivity contribution in [2.45, 2.75) is 12.8 Å². The number of para-hydroxylation sites is 2. The third-order valence-electron chi connectivity index (χ3n) is 8.02. The lowest BCUT2D eigenvalue weighted by Gasteiger charge is -2.11. The van der Waals surface area contributed by atoms with Crippen LogP contribution in [0.5, 0.6) is 0 Å². The topological polar surface area (TPSA) is 30.2 Å². The number of aromatic nitrogens is 3. The molecule has 2 aliphatic rings. The number of pyridine rings is 2. The minimum Gasteiger partial charge on any atom is -0.276 e. The van der Waals surface area contributed by atoms with Gasteiger partial charge >= 0.3 is 0 Å². The Balaban J connectivity index is 1.40. The first-order chi connectivity index (χ1) is 17.3. The minimum atomic E-state index is 0.967. The van der Waals surface area contributed by atoms with Crippen LogP contribution in [0.1, 0.15) is 22.3 Å². The molecule has 0 aliphatic heterocycles. The lowest BCUT2D eigenvalue weighted by Crippen LogP contribution is -1.94. The van der Waals surface area contributed by atoms with Gasteiger partial charge in [0.15, 0.2) is 0 Å². The summed E-state index contributed by atoms with van der Waals surface area (Å²) >= 11 is 0. The summed E-state index contributed by atoms with van der Waals surface area (Å²) in [5, 5.41) is 3.60. The van der Waals surface area contributed by atoms with Gasteiger partial charge in [0.1, 0.15) is 11.3 Å². The molecule has 0 saturated carbocycles. The molecule has 0 fully saturated rings. The van der Waals surface area contributed by atoms with Gasteiger partial charge in [-0.15, -0.1) is 0 Å². The molecule has 0 bridgehead atoms. The van der Waals surface area contributed by atoms with E-state index in [1.54, 1.807) is 0 Å². The van der Waals surface area contributed by atoms with E-state index < -0.39 is 0 Å².